The monoisotopic (exact) mass is 318 g/mol. The Morgan fingerprint density at radius 2 is 0.895 bits per heavy atom. The average Bonchev–Trinajstić information content (AvgIpc) is 2.16. The number of hydrogen-bond acceptors (Lipinski definition) is 4. The van der Waals surface area contributed by atoms with Gasteiger partial charge in [0.15, 0.2) is 0 Å². The van der Waals surface area contributed by atoms with Crippen LogP contribution in [0.3, 0.4) is 0 Å². The summed E-state index contributed by atoms with van der Waals surface area (Å²) >= 11 is 0. The van der Waals surface area contributed by atoms with Crippen LogP contribution < -0.4 is 0 Å². The molecule has 0 rings (SSSR count). The predicted octanol–water partition coefficient (Wildman–Crippen LogP) is 0.201. The first-order valence-electron chi connectivity index (χ1n) is 4.37. The van der Waals surface area contributed by atoms with Gasteiger partial charge in [-0.1, -0.05) is 0 Å². The molecular formula is C10H12NiO8. The molecule has 0 aliphatic rings. The first-order valence-corrected chi connectivity index (χ1v) is 4.37. The summed E-state index contributed by atoms with van der Waals surface area (Å²) in [5.41, 5.74) is -0.356. The second kappa shape index (κ2) is 11.0. The summed E-state index contributed by atoms with van der Waals surface area (Å²) in [7, 11) is 0. The van der Waals surface area contributed by atoms with Gasteiger partial charge in [-0.15, -0.1) is 0 Å². The largest absolute Gasteiger partial charge is 0.478 e. The topological polar surface area (TPSA) is 149 Å². The third-order valence-corrected chi connectivity index (χ3v) is 1.35. The van der Waals surface area contributed by atoms with Crippen molar-refractivity contribution >= 4 is 23.9 Å². The molecule has 0 fully saturated rings. The molecule has 0 spiro atoms. The van der Waals surface area contributed by atoms with E-state index < -0.39 is 23.9 Å². The standard InChI is InChI=1S/2C5H6O4.Ni/c2*1-3(5(8)9)2-4(6)7;/h2*2H,1H3,(H,6,7)(H,8,9);/b2*3-2-;. The van der Waals surface area contributed by atoms with Crippen LogP contribution in [0.4, 0.5) is 0 Å². The summed E-state index contributed by atoms with van der Waals surface area (Å²) in [6.45, 7) is 2.44. The molecule has 0 saturated heterocycles. The quantitative estimate of drug-likeness (QED) is 0.424. The van der Waals surface area contributed by atoms with Gasteiger partial charge in [-0.2, -0.15) is 0 Å². The zero-order valence-corrected chi connectivity index (χ0v) is 10.9. The average molecular weight is 319 g/mol. The Hall–Kier alpha value is -2.15. The van der Waals surface area contributed by atoms with Gasteiger partial charge in [0.05, 0.1) is 0 Å². The molecule has 19 heavy (non-hydrogen) atoms. The number of carboxylic acid groups (broad SMARTS) is 4. The Kier molecular flexibility index (Phi) is 12.7. The molecule has 9 heteroatoms. The normalized spacial score (nSPS) is 10.4. The second-order valence-electron chi connectivity index (χ2n) is 2.94. The predicted molar refractivity (Wildman–Crippen MR) is 58.1 cm³/mol. The molecule has 110 valence electrons. The summed E-state index contributed by atoms with van der Waals surface area (Å²) in [6.07, 6.45) is 1.28. The molecule has 0 amide bonds. The van der Waals surface area contributed by atoms with E-state index in [1.165, 1.54) is 13.8 Å². The number of rotatable bonds is 4. The van der Waals surface area contributed by atoms with E-state index >= 15 is 0 Å². The van der Waals surface area contributed by atoms with Crippen LogP contribution in [0, 0.1) is 0 Å². The van der Waals surface area contributed by atoms with Gasteiger partial charge in [0.25, 0.3) is 0 Å². The Labute approximate surface area is 118 Å². The molecule has 4 N–H and O–H groups in total. The summed E-state index contributed by atoms with van der Waals surface area (Å²) in [6, 6.07) is 0. The van der Waals surface area contributed by atoms with Crippen LogP contribution in [0.5, 0.6) is 0 Å². The number of hydrogen-bond donors (Lipinski definition) is 4. The van der Waals surface area contributed by atoms with Crippen molar-refractivity contribution in [2.45, 2.75) is 13.8 Å². The van der Waals surface area contributed by atoms with Crippen molar-refractivity contribution in [3.8, 4) is 0 Å². The van der Waals surface area contributed by atoms with Gasteiger partial charge in [-0.25, -0.2) is 19.2 Å². The van der Waals surface area contributed by atoms with E-state index in [4.69, 9.17) is 20.4 Å². The van der Waals surface area contributed by atoms with Crippen molar-refractivity contribution < 1.29 is 56.1 Å². The van der Waals surface area contributed by atoms with Crippen molar-refractivity contribution in [3.05, 3.63) is 23.3 Å². The zero-order valence-electron chi connectivity index (χ0n) is 9.89. The third kappa shape index (κ3) is 15.9. The van der Waals surface area contributed by atoms with Gasteiger partial charge in [0.1, 0.15) is 0 Å². The van der Waals surface area contributed by atoms with Gasteiger partial charge < -0.3 is 20.4 Å². The molecule has 0 heterocycles. The van der Waals surface area contributed by atoms with Crippen LogP contribution in [0.1, 0.15) is 13.8 Å². The Morgan fingerprint density at radius 3 is 0.947 bits per heavy atom. The van der Waals surface area contributed by atoms with Crippen LogP contribution in [0.15, 0.2) is 23.3 Å². The summed E-state index contributed by atoms with van der Waals surface area (Å²) in [5, 5.41) is 32.2. The smallest absolute Gasteiger partial charge is 0.331 e. The van der Waals surface area contributed by atoms with Crippen LogP contribution in [-0.2, 0) is 35.7 Å². The van der Waals surface area contributed by atoms with Crippen LogP contribution in [-0.4, -0.2) is 44.3 Å². The van der Waals surface area contributed by atoms with Gasteiger partial charge in [0.2, 0.25) is 0 Å². The van der Waals surface area contributed by atoms with E-state index in [0.29, 0.717) is 12.2 Å². The second-order valence-corrected chi connectivity index (χ2v) is 2.94. The van der Waals surface area contributed by atoms with Gasteiger partial charge >= 0.3 is 23.9 Å². The molecule has 0 aliphatic carbocycles. The van der Waals surface area contributed by atoms with Gasteiger partial charge in [0, 0.05) is 39.8 Å². The molecule has 0 aromatic heterocycles. The van der Waals surface area contributed by atoms with Crippen LogP contribution in [0.25, 0.3) is 0 Å². The van der Waals surface area contributed by atoms with Crippen molar-refractivity contribution in [1.29, 1.82) is 0 Å². The Morgan fingerprint density at radius 1 is 0.684 bits per heavy atom. The van der Waals surface area contributed by atoms with E-state index in [1.54, 1.807) is 0 Å². The maximum Gasteiger partial charge on any atom is 0.331 e. The minimum Gasteiger partial charge on any atom is -0.478 e. The molecule has 8 nitrogen and oxygen atoms in total. The molecule has 0 bridgehead atoms. The molecule has 0 saturated carbocycles. The van der Waals surface area contributed by atoms with E-state index in [-0.39, 0.29) is 27.6 Å². The molecule has 0 aliphatic heterocycles. The maximum atomic E-state index is 9.90. The summed E-state index contributed by atoms with van der Waals surface area (Å²) in [5.74, 6) is -4.90. The first-order chi connectivity index (χ1) is 8.07. The molecular weight excluding hydrogens is 307 g/mol. The molecule has 0 aromatic rings. The van der Waals surface area contributed by atoms with Crippen molar-refractivity contribution in [1.82, 2.24) is 0 Å². The van der Waals surface area contributed by atoms with Crippen molar-refractivity contribution in [3.63, 3.8) is 0 Å². The zero-order chi connectivity index (χ0) is 14.9. The van der Waals surface area contributed by atoms with Crippen LogP contribution >= 0.6 is 0 Å². The fraction of sp³-hybridized carbons (Fsp3) is 0.200. The van der Waals surface area contributed by atoms with E-state index in [2.05, 4.69) is 0 Å². The number of carbonyl (C=O) groups is 4. The molecule has 0 atom stereocenters. The third-order valence-electron chi connectivity index (χ3n) is 1.35. The number of aliphatic carboxylic acids is 4. The van der Waals surface area contributed by atoms with Gasteiger partial charge in [-0.3, -0.25) is 0 Å². The van der Waals surface area contributed by atoms with E-state index in [9.17, 15) is 19.2 Å². The van der Waals surface area contributed by atoms with Gasteiger partial charge in [-0.05, 0) is 13.8 Å². The van der Waals surface area contributed by atoms with E-state index in [0.717, 1.165) is 0 Å². The van der Waals surface area contributed by atoms with Crippen LogP contribution in [0.2, 0.25) is 0 Å². The minimum absolute atomic E-state index is 0. The molecule has 0 radical (unpaired) electrons. The molecule has 0 aromatic carbocycles. The minimum atomic E-state index is -1.24. The fourth-order valence-electron chi connectivity index (χ4n) is 0.494. The van der Waals surface area contributed by atoms with Crippen molar-refractivity contribution in [2.24, 2.45) is 0 Å². The SMILES string of the molecule is C/C(=C/C(=O)O)C(=O)O.C/C(=C/C(=O)O)C(=O)O.[Ni]. The Balaban J connectivity index is -0.000000256. The maximum absolute atomic E-state index is 9.90. The molecule has 0 unspecified atom stereocenters. The summed E-state index contributed by atoms with van der Waals surface area (Å²) in [4.78, 5) is 39.4. The van der Waals surface area contributed by atoms with E-state index in [1.807, 2.05) is 0 Å². The summed E-state index contributed by atoms with van der Waals surface area (Å²) < 4.78 is 0. The van der Waals surface area contributed by atoms with Crippen molar-refractivity contribution in [2.75, 3.05) is 0 Å². The fourth-order valence-corrected chi connectivity index (χ4v) is 0.494. The first kappa shape index (κ1) is 22.1. The Bertz CT molecular complexity index is 381. The number of carboxylic acids is 4.